The molecule has 0 saturated carbocycles. The lowest BCUT2D eigenvalue weighted by Crippen LogP contribution is -2.44. The number of rotatable bonds is 5. The van der Waals surface area contributed by atoms with Gasteiger partial charge in [0, 0.05) is 25.2 Å². The van der Waals surface area contributed by atoms with E-state index >= 15 is 0 Å². The molecule has 0 radical (unpaired) electrons. The number of ether oxygens (including phenoxy) is 2. The third-order valence-corrected chi connectivity index (χ3v) is 5.58. The van der Waals surface area contributed by atoms with Crippen LogP contribution in [0.5, 0.6) is 11.5 Å². The molecule has 0 bridgehead atoms. The van der Waals surface area contributed by atoms with Gasteiger partial charge in [0.25, 0.3) is 0 Å². The molecule has 0 aromatic heterocycles. The Morgan fingerprint density at radius 3 is 2.57 bits per heavy atom. The zero-order valence-corrected chi connectivity index (χ0v) is 14.8. The normalized spacial score (nSPS) is 25.9. The molecule has 0 N–H and O–H groups in total. The summed E-state index contributed by atoms with van der Waals surface area (Å²) in [6.07, 6.45) is 4.05. The number of benzene rings is 1. The van der Waals surface area contributed by atoms with E-state index < -0.39 is 0 Å². The maximum Gasteiger partial charge on any atom is 0.165 e. The lowest BCUT2D eigenvalue weighted by Gasteiger charge is -2.40. The van der Waals surface area contributed by atoms with E-state index in [4.69, 9.17) is 9.47 Å². The Bertz CT molecular complexity index is 534. The summed E-state index contributed by atoms with van der Waals surface area (Å²) >= 11 is 0. The van der Waals surface area contributed by atoms with E-state index in [1.807, 2.05) is 6.07 Å². The molecular weight excluding hydrogens is 288 g/mol. The quantitative estimate of drug-likeness (QED) is 0.833. The Hall–Kier alpha value is -1.26. The van der Waals surface area contributed by atoms with Crippen molar-refractivity contribution in [2.75, 3.05) is 46.9 Å². The van der Waals surface area contributed by atoms with Crippen molar-refractivity contribution in [2.45, 2.75) is 32.7 Å². The largest absolute Gasteiger partial charge is 0.493 e. The van der Waals surface area contributed by atoms with Gasteiger partial charge in [-0.2, -0.15) is 0 Å². The number of methoxy groups -OCH3 is 2. The van der Waals surface area contributed by atoms with Crippen LogP contribution in [0.15, 0.2) is 18.2 Å². The average molecular weight is 318 g/mol. The van der Waals surface area contributed by atoms with Gasteiger partial charge in [0.2, 0.25) is 0 Å². The zero-order chi connectivity index (χ0) is 16.3. The van der Waals surface area contributed by atoms with Crippen LogP contribution < -0.4 is 9.47 Å². The first-order valence-electron chi connectivity index (χ1n) is 8.84. The predicted octanol–water partition coefficient (Wildman–Crippen LogP) is 3.01. The van der Waals surface area contributed by atoms with E-state index in [1.165, 1.54) is 57.5 Å². The van der Waals surface area contributed by atoms with Crippen molar-refractivity contribution in [3.05, 3.63) is 23.8 Å². The summed E-state index contributed by atoms with van der Waals surface area (Å²) in [6.45, 7) is 9.36. The van der Waals surface area contributed by atoms with Gasteiger partial charge in [-0.15, -0.1) is 0 Å². The van der Waals surface area contributed by atoms with Gasteiger partial charge in [-0.25, -0.2) is 0 Å². The van der Waals surface area contributed by atoms with Gasteiger partial charge in [-0.3, -0.25) is 4.90 Å². The van der Waals surface area contributed by atoms with Crippen LogP contribution in [0.1, 0.15) is 31.7 Å². The van der Waals surface area contributed by atoms with Crippen LogP contribution in [0.2, 0.25) is 0 Å². The predicted molar refractivity (Wildman–Crippen MR) is 93.2 cm³/mol. The van der Waals surface area contributed by atoms with Gasteiger partial charge in [0.15, 0.2) is 11.5 Å². The standard InChI is InChI=1S/C19H30N2O2/c1-4-20-12-10-19(14-20)9-6-11-21(15-19)13-16-7-5-8-17(22-2)18(16)23-3/h5,7-8H,4,6,9-15H2,1-3H3. The van der Waals surface area contributed by atoms with Crippen LogP contribution in [0.3, 0.4) is 0 Å². The topological polar surface area (TPSA) is 24.9 Å². The molecule has 1 atom stereocenters. The molecule has 2 saturated heterocycles. The Morgan fingerprint density at radius 2 is 1.87 bits per heavy atom. The number of hydrogen-bond donors (Lipinski definition) is 0. The van der Waals surface area contributed by atoms with Crippen molar-refractivity contribution in [3.63, 3.8) is 0 Å². The highest BCUT2D eigenvalue weighted by Gasteiger charge is 2.40. The minimum Gasteiger partial charge on any atom is -0.493 e. The van der Waals surface area contributed by atoms with Crippen molar-refractivity contribution in [1.29, 1.82) is 0 Å². The summed E-state index contributed by atoms with van der Waals surface area (Å²) in [5.74, 6) is 1.71. The maximum absolute atomic E-state index is 5.60. The molecule has 4 nitrogen and oxygen atoms in total. The minimum absolute atomic E-state index is 0.514. The van der Waals surface area contributed by atoms with E-state index in [2.05, 4.69) is 28.9 Å². The molecule has 0 amide bonds. The Labute approximate surface area is 140 Å². The van der Waals surface area contributed by atoms with Gasteiger partial charge in [-0.05, 0) is 50.4 Å². The Balaban J connectivity index is 1.71. The van der Waals surface area contributed by atoms with Crippen LogP contribution in [-0.4, -0.2) is 56.7 Å². The summed E-state index contributed by atoms with van der Waals surface area (Å²) in [5, 5.41) is 0. The fourth-order valence-corrected chi connectivity index (χ4v) is 4.39. The molecule has 3 rings (SSSR count). The van der Waals surface area contributed by atoms with Crippen molar-refractivity contribution in [1.82, 2.24) is 9.80 Å². The molecule has 2 aliphatic heterocycles. The van der Waals surface area contributed by atoms with Crippen LogP contribution in [0, 0.1) is 5.41 Å². The van der Waals surface area contributed by atoms with E-state index in [1.54, 1.807) is 14.2 Å². The lowest BCUT2D eigenvalue weighted by atomic mass is 9.79. The van der Waals surface area contributed by atoms with Crippen molar-refractivity contribution >= 4 is 0 Å². The molecule has 1 aromatic carbocycles. The average Bonchev–Trinajstić information content (AvgIpc) is 2.97. The number of likely N-dealkylation sites (tertiary alicyclic amines) is 2. The highest BCUT2D eigenvalue weighted by Crippen LogP contribution is 2.40. The molecule has 23 heavy (non-hydrogen) atoms. The van der Waals surface area contributed by atoms with E-state index in [9.17, 15) is 0 Å². The van der Waals surface area contributed by atoms with Crippen molar-refractivity contribution in [2.24, 2.45) is 5.41 Å². The molecule has 2 fully saturated rings. The molecule has 2 aliphatic rings. The SMILES string of the molecule is CCN1CCC2(CCCN(Cc3cccc(OC)c3OC)C2)C1. The molecule has 1 aromatic rings. The summed E-state index contributed by atoms with van der Waals surface area (Å²) in [5.41, 5.74) is 1.75. The molecular formula is C19H30N2O2. The van der Waals surface area contributed by atoms with Gasteiger partial charge >= 0.3 is 0 Å². The number of para-hydroxylation sites is 1. The van der Waals surface area contributed by atoms with Crippen LogP contribution in [-0.2, 0) is 6.54 Å². The highest BCUT2D eigenvalue weighted by atomic mass is 16.5. The van der Waals surface area contributed by atoms with E-state index in [-0.39, 0.29) is 0 Å². The zero-order valence-electron chi connectivity index (χ0n) is 14.8. The first-order valence-corrected chi connectivity index (χ1v) is 8.84. The first-order chi connectivity index (χ1) is 11.2. The molecule has 0 aliphatic carbocycles. The van der Waals surface area contributed by atoms with Gasteiger partial charge in [-0.1, -0.05) is 19.1 Å². The second-order valence-corrected chi connectivity index (χ2v) is 7.09. The second-order valence-electron chi connectivity index (χ2n) is 7.09. The highest BCUT2D eigenvalue weighted by molar-refractivity contribution is 5.46. The van der Waals surface area contributed by atoms with E-state index in [0.717, 1.165) is 18.0 Å². The minimum atomic E-state index is 0.514. The monoisotopic (exact) mass is 318 g/mol. The van der Waals surface area contributed by atoms with Gasteiger partial charge in [0.05, 0.1) is 14.2 Å². The number of nitrogens with zero attached hydrogens (tertiary/aromatic N) is 2. The summed E-state index contributed by atoms with van der Waals surface area (Å²) in [4.78, 5) is 5.22. The van der Waals surface area contributed by atoms with Crippen molar-refractivity contribution in [3.8, 4) is 11.5 Å². The summed E-state index contributed by atoms with van der Waals surface area (Å²) in [6, 6.07) is 6.19. The number of piperidine rings is 1. The third-order valence-electron chi connectivity index (χ3n) is 5.58. The maximum atomic E-state index is 5.60. The molecule has 128 valence electrons. The number of hydrogen-bond acceptors (Lipinski definition) is 4. The summed E-state index contributed by atoms with van der Waals surface area (Å²) in [7, 11) is 3.44. The molecule has 4 heteroatoms. The van der Waals surface area contributed by atoms with Crippen LogP contribution in [0.25, 0.3) is 0 Å². The smallest absolute Gasteiger partial charge is 0.165 e. The van der Waals surface area contributed by atoms with Crippen LogP contribution in [0.4, 0.5) is 0 Å². The molecule has 2 heterocycles. The van der Waals surface area contributed by atoms with Crippen molar-refractivity contribution < 1.29 is 9.47 Å². The molecule has 1 unspecified atom stereocenters. The Kier molecular flexibility index (Phi) is 5.12. The lowest BCUT2D eigenvalue weighted by molar-refractivity contribution is 0.0873. The van der Waals surface area contributed by atoms with Gasteiger partial charge < -0.3 is 14.4 Å². The fourth-order valence-electron chi connectivity index (χ4n) is 4.39. The van der Waals surface area contributed by atoms with E-state index in [0.29, 0.717) is 5.41 Å². The molecule has 1 spiro atoms. The summed E-state index contributed by atoms with van der Waals surface area (Å²) < 4.78 is 11.0. The fraction of sp³-hybridized carbons (Fsp3) is 0.684. The van der Waals surface area contributed by atoms with Gasteiger partial charge in [0.1, 0.15) is 0 Å². The van der Waals surface area contributed by atoms with Crippen LogP contribution >= 0.6 is 0 Å². The second kappa shape index (κ2) is 7.10. The third kappa shape index (κ3) is 3.48. The first kappa shape index (κ1) is 16.6. The Morgan fingerprint density at radius 1 is 1.04 bits per heavy atom.